The molecule has 136 valence electrons. The Bertz CT molecular complexity index is 776. The summed E-state index contributed by atoms with van der Waals surface area (Å²) in [4.78, 5) is 12.2. The largest absolute Gasteiger partial charge is 0.491 e. The van der Waals surface area contributed by atoms with Gasteiger partial charge in [-0.3, -0.25) is 9.98 Å². The van der Waals surface area contributed by atoms with E-state index in [1.807, 2.05) is 30.1 Å². The van der Waals surface area contributed by atoms with E-state index in [1.165, 1.54) is 10.7 Å². The molecule has 4 nitrogen and oxygen atoms in total. The van der Waals surface area contributed by atoms with E-state index in [1.54, 1.807) is 0 Å². The highest BCUT2D eigenvalue weighted by Gasteiger charge is 2.45. The van der Waals surface area contributed by atoms with Gasteiger partial charge in [0, 0.05) is 18.0 Å². The molecule has 1 aromatic carbocycles. The maximum Gasteiger partial charge on any atom is 0.160 e. The first-order valence-electron chi connectivity index (χ1n) is 9.34. The standard InChI is InChI=1S/C21H25N3OS/c1-4-16-13-26-21-23-19(18-7-5-6-12-22-18)20(24(16)21)15-8-10-17(11-9-15)25-14(2)3/h5-12,14,16,19-20H,4,13H2,1-3H3/t16-,19+,20+/m0/s1. The number of ether oxygens (including phenoxy) is 1. The molecule has 0 saturated carbocycles. The van der Waals surface area contributed by atoms with Gasteiger partial charge < -0.3 is 9.64 Å². The third kappa shape index (κ3) is 3.20. The van der Waals surface area contributed by atoms with Gasteiger partial charge in [0.1, 0.15) is 11.8 Å². The Labute approximate surface area is 159 Å². The van der Waals surface area contributed by atoms with E-state index in [4.69, 9.17) is 9.73 Å². The molecule has 26 heavy (non-hydrogen) atoms. The molecule has 5 heteroatoms. The predicted molar refractivity (Wildman–Crippen MR) is 108 cm³/mol. The van der Waals surface area contributed by atoms with Gasteiger partial charge in [-0.2, -0.15) is 0 Å². The molecule has 4 rings (SSSR count). The fourth-order valence-corrected chi connectivity index (χ4v) is 5.06. The highest BCUT2D eigenvalue weighted by molar-refractivity contribution is 8.14. The zero-order valence-corrected chi connectivity index (χ0v) is 16.3. The van der Waals surface area contributed by atoms with Crippen molar-refractivity contribution in [3.63, 3.8) is 0 Å². The minimum atomic E-state index is 0.0462. The molecule has 2 aliphatic rings. The molecular formula is C21H25N3OS. The van der Waals surface area contributed by atoms with Crippen LogP contribution in [0, 0.1) is 0 Å². The Balaban J connectivity index is 1.70. The fourth-order valence-electron chi connectivity index (χ4n) is 3.73. The Kier molecular flexibility index (Phi) is 4.90. The van der Waals surface area contributed by atoms with Gasteiger partial charge in [0.2, 0.25) is 0 Å². The second-order valence-corrected chi connectivity index (χ2v) is 8.06. The maximum absolute atomic E-state index is 5.81. The molecule has 0 unspecified atom stereocenters. The van der Waals surface area contributed by atoms with Crippen molar-refractivity contribution in [2.75, 3.05) is 5.75 Å². The molecular weight excluding hydrogens is 342 g/mol. The summed E-state index contributed by atoms with van der Waals surface area (Å²) < 4.78 is 5.81. The zero-order valence-electron chi connectivity index (χ0n) is 15.5. The lowest BCUT2D eigenvalue weighted by atomic mass is 9.95. The van der Waals surface area contributed by atoms with Crippen molar-refractivity contribution in [2.24, 2.45) is 4.99 Å². The van der Waals surface area contributed by atoms with E-state index in [0.717, 1.165) is 23.6 Å². The summed E-state index contributed by atoms with van der Waals surface area (Å²) >= 11 is 1.88. The summed E-state index contributed by atoms with van der Waals surface area (Å²) in [7, 11) is 0. The van der Waals surface area contributed by atoms with E-state index in [2.05, 4.69) is 61.0 Å². The van der Waals surface area contributed by atoms with Gasteiger partial charge in [0.25, 0.3) is 0 Å². The summed E-state index contributed by atoms with van der Waals surface area (Å²) in [5.41, 5.74) is 2.31. The first kappa shape index (κ1) is 17.4. The average Bonchev–Trinajstić information content (AvgIpc) is 3.21. The van der Waals surface area contributed by atoms with Crippen molar-refractivity contribution in [2.45, 2.75) is 51.4 Å². The van der Waals surface area contributed by atoms with Crippen LogP contribution in [-0.2, 0) is 0 Å². The SMILES string of the molecule is CC[C@H]1CSC2=N[C@H](c3ccccn3)[C@@H](c3ccc(OC(C)C)cc3)N21. The van der Waals surface area contributed by atoms with Gasteiger partial charge in [-0.15, -0.1) is 0 Å². The smallest absolute Gasteiger partial charge is 0.160 e. The Morgan fingerprint density at radius 2 is 2.00 bits per heavy atom. The van der Waals surface area contributed by atoms with Crippen LogP contribution in [0.15, 0.2) is 53.7 Å². The van der Waals surface area contributed by atoms with E-state index < -0.39 is 0 Å². The molecule has 0 N–H and O–H groups in total. The molecule has 0 bridgehead atoms. The summed E-state index contributed by atoms with van der Waals surface area (Å²) in [5.74, 6) is 2.04. The van der Waals surface area contributed by atoms with Crippen molar-refractivity contribution in [1.29, 1.82) is 0 Å². The number of rotatable bonds is 5. The molecule has 0 spiro atoms. The Hall–Kier alpha value is -2.01. The number of nitrogens with zero attached hydrogens (tertiary/aromatic N) is 3. The molecule has 0 aliphatic carbocycles. The van der Waals surface area contributed by atoms with Crippen molar-refractivity contribution < 1.29 is 4.74 Å². The van der Waals surface area contributed by atoms with Crippen LogP contribution in [0.2, 0.25) is 0 Å². The van der Waals surface area contributed by atoms with Gasteiger partial charge >= 0.3 is 0 Å². The number of hydrogen-bond donors (Lipinski definition) is 0. The van der Waals surface area contributed by atoms with Crippen LogP contribution in [-0.4, -0.2) is 33.0 Å². The minimum Gasteiger partial charge on any atom is -0.491 e. The third-order valence-electron chi connectivity index (χ3n) is 4.92. The quantitative estimate of drug-likeness (QED) is 0.757. The molecule has 1 aromatic heterocycles. The van der Waals surface area contributed by atoms with E-state index in [9.17, 15) is 0 Å². The number of aromatic nitrogens is 1. The molecule has 1 fully saturated rings. The number of thioether (sulfide) groups is 1. The highest BCUT2D eigenvalue weighted by atomic mass is 32.2. The monoisotopic (exact) mass is 367 g/mol. The van der Waals surface area contributed by atoms with Crippen molar-refractivity contribution >= 4 is 16.9 Å². The van der Waals surface area contributed by atoms with Crippen LogP contribution in [0.5, 0.6) is 5.75 Å². The number of amidine groups is 1. The molecule has 3 heterocycles. The van der Waals surface area contributed by atoms with E-state index >= 15 is 0 Å². The van der Waals surface area contributed by atoms with Gasteiger partial charge in [-0.05, 0) is 50.1 Å². The van der Waals surface area contributed by atoms with Gasteiger partial charge in [-0.1, -0.05) is 36.9 Å². The lowest BCUT2D eigenvalue weighted by Gasteiger charge is -2.32. The second kappa shape index (κ2) is 7.31. The number of fused-ring (bicyclic) bond motifs is 1. The summed E-state index contributed by atoms with van der Waals surface area (Å²) in [6.07, 6.45) is 3.18. The lowest BCUT2D eigenvalue weighted by Crippen LogP contribution is -2.35. The normalized spacial score (nSPS) is 24.7. The summed E-state index contributed by atoms with van der Waals surface area (Å²) in [6, 6.07) is 15.4. The first-order valence-corrected chi connectivity index (χ1v) is 10.3. The third-order valence-corrected chi connectivity index (χ3v) is 6.05. The predicted octanol–water partition coefficient (Wildman–Crippen LogP) is 4.85. The van der Waals surface area contributed by atoms with Crippen LogP contribution in [0.25, 0.3) is 0 Å². The Morgan fingerprint density at radius 3 is 2.65 bits per heavy atom. The molecule has 1 saturated heterocycles. The molecule has 0 amide bonds. The number of pyridine rings is 1. The second-order valence-electron chi connectivity index (χ2n) is 7.07. The van der Waals surface area contributed by atoms with Crippen LogP contribution in [0.4, 0.5) is 0 Å². The summed E-state index contributed by atoms with van der Waals surface area (Å²) in [5, 5.41) is 1.17. The van der Waals surface area contributed by atoms with Crippen LogP contribution >= 0.6 is 11.8 Å². The topological polar surface area (TPSA) is 37.7 Å². The van der Waals surface area contributed by atoms with Crippen molar-refractivity contribution in [3.05, 3.63) is 59.9 Å². The van der Waals surface area contributed by atoms with Crippen LogP contribution in [0.1, 0.15) is 50.5 Å². The molecule has 3 atom stereocenters. The van der Waals surface area contributed by atoms with Gasteiger partial charge in [-0.25, -0.2) is 0 Å². The zero-order chi connectivity index (χ0) is 18.1. The number of aliphatic imine (C=N–C) groups is 1. The fraction of sp³-hybridized carbons (Fsp3) is 0.429. The lowest BCUT2D eigenvalue weighted by molar-refractivity contribution is 0.241. The Morgan fingerprint density at radius 1 is 1.19 bits per heavy atom. The minimum absolute atomic E-state index is 0.0462. The number of benzene rings is 1. The number of hydrogen-bond acceptors (Lipinski definition) is 5. The molecule has 2 aromatic rings. The first-order chi connectivity index (χ1) is 12.7. The van der Waals surface area contributed by atoms with E-state index in [-0.39, 0.29) is 18.2 Å². The van der Waals surface area contributed by atoms with Crippen molar-refractivity contribution in [3.8, 4) is 5.75 Å². The van der Waals surface area contributed by atoms with Gasteiger partial charge in [0.05, 0.1) is 17.8 Å². The summed E-state index contributed by atoms with van der Waals surface area (Å²) in [6.45, 7) is 6.36. The average molecular weight is 368 g/mol. The maximum atomic E-state index is 5.81. The van der Waals surface area contributed by atoms with E-state index in [0.29, 0.717) is 6.04 Å². The molecule has 0 radical (unpaired) electrons. The van der Waals surface area contributed by atoms with Crippen LogP contribution in [0.3, 0.4) is 0 Å². The highest BCUT2D eigenvalue weighted by Crippen LogP contribution is 2.48. The van der Waals surface area contributed by atoms with Crippen molar-refractivity contribution in [1.82, 2.24) is 9.88 Å². The van der Waals surface area contributed by atoms with Crippen LogP contribution < -0.4 is 4.74 Å². The molecule has 2 aliphatic heterocycles. The van der Waals surface area contributed by atoms with Gasteiger partial charge in [0.15, 0.2) is 5.17 Å².